The molecule has 2 atom stereocenters. The van der Waals surface area contributed by atoms with Crippen LogP contribution < -0.4 is 5.32 Å². The Hall–Kier alpha value is -2.54. The first-order valence-corrected chi connectivity index (χ1v) is 8.78. The maximum absolute atomic E-state index is 13.4. The minimum atomic E-state index is -0.935. The number of Topliss-reactive ketones (excluding diaryl/α,β-unsaturated/α-hetero) is 1. The van der Waals surface area contributed by atoms with E-state index in [0.717, 1.165) is 12.1 Å². The van der Waals surface area contributed by atoms with Gasteiger partial charge in [-0.25, -0.2) is 13.6 Å². The molecule has 2 aromatic rings. The van der Waals surface area contributed by atoms with E-state index in [0.29, 0.717) is 28.1 Å². The van der Waals surface area contributed by atoms with Gasteiger partial charge in [0.25, 0.3) is 0 Å². The predicted molar refractivity (Wildman–Crippen MR) is 97.9 cm³/mol. The molecule has 1 aromatic carbocycles. The topological polar surface area (TPSA) is 71.2 Å². The number of nitrogens with one attached hydrogen (secondary N) is 2. The van der Waals surface area contributed by atoms with Crippen LogP contribution in [-0.4, -0.2) is 29.4 Å². The Kier molecular flexibility index (Phi) is 6.49. The Morgan fingerprint density at radius 3 is 2.44 bits per heavy atom. The van der Waals surface area contributed by atoms with E-state index in [1.807, 2.05) is 0 Å². The normalized spacial score (nSPS) is 13.3. The maximum atomic E-state index is 13.4. The first-order chi connectivity index (χ1) is 12.7. The summed E-state index contributed by atoms with van der Waals surface area (Å²) in [6.45, 7) is 8.79. The number of esters is 1. The van der Waals surface area contributed by atoms with Crippen molar-refractivity contribution in [2.75, 3.05) is 6.61 Å². The smallest absolute Gasteiger partial charge is 0.340 e. The summed E-state index contributed by atoms with van der Waals surface area (Å²) in [5, 5.41) is 3.08. The molecule has 0 aliphatic carbocycles. The lowest BCUT2D eigenvalue weighted by Gasteiger charge is -2.19. The quantitative estimate of drug-likeness (QED) is 0.564. The molecule has 0 spiro atoms. The molecule has 0 aliphatic heterocycles. The Bertz CT molecular complexity index is 861. The van der Waals surface area contributed by atoms with Gasteiger partial charge in [0, 0.05) is 11.7 Å². The standard InChI is InChI=1S/C20H24F2N2O3/c1-6-27-20(26)17-10(2)18(24-12(17)4)19(25)13(5)23-11(3)14-7-8-15(21)16(22)9-14/h7-9,11,13,23-24H,6H2,1-5H3/t11-,13-/m0/s1. The van der Waals surface area contributed by atoms with Crippen molar-refractivity contribution in [3.05, 3.63) is 57.9 Å². The summed E-state index contributed by atoms with van der Waals surface area (Å²) in [5.74, 6) is -2.56. The number of carbonyl (C=O) groups excluding carboxylic acids is 2. The van der Waals surface area contributed by atoms with Gasteiger partial charge in [0.1, 0.15) is 0 Å². The van der Waals surface area contributed by atoms with Crippen molar-refractivity contribution in [2.45, 2.75) is 46.7 Å². The Labute approximate surface area is 157 Å². The van der Waals surface area contributed by atoms with Gasteiger partial charge in [-0.1, -0.05) is 6.07 Å². The van der Waals surface area contributed by atoms with Gasteiger partial charge in [-0.15, -0.1) is 0 Å². The molecular formula is C20H24F2N2O3. The molecule has 0 unspecified atom stereocenters. The molecule has 2 N–H and O–H groups in total. The van der Waals surface area contributed by atoms with E-state index in [1.54, 1.807) is 34.6 Å². The third-order valence-corrected chi connectivity index (χ3v) is 4.50. The second-order valence-electron chi connectivity index (χ2n) is 6.49. The van der Waals surface area contributed by atoms with Crippen LogP contribution >= 0.6 is 0 Å². The number of ether oxygens (including phenoxy) is 1. The molecule has 1 aromatic heterocycles. The minimum absolute atomic E-state index is 0.236. The highest BCUT2D eigenvalue weighted by molar-refractivity contribution is 6.03. The molecule has 5 nitrogen and oxygen atoms in total. The van der Waals surface area contributed by atoms with E-state index in [4.69, 9.17) is 4.74 Å². The van der Waals surface area contributed by atoms with Crippen LogP contribution in [0, 0.1) is 25.5 Å². The number of aromatic nitrogens is 1. The zero-order chi connectivity index (χ0) is 20.3. The summed E-state index contributed by atoms with van der Waals surface area (Å²) < 4.78 is 31.5. The molecule has 7 heteroatoms. The first-order valence-electron chi connectivity index (χ1n) is 8.78. The SMILES string of the molecule is CCOC(=O)c1c(C)[nH]c(C(=O)[C@H](C)N[C@@H](C)c2ccc(F)c(F)c2)c1C. The van der Waals surface area contributed by atoms with E-state index in [2.05, 4.69) is 10.3 Å². The minimum Gasteiger partial charge on any atom is -0.462 e. The van der Waals surface area contributed by atoms with Crippen LogP contribution in [0.25, 0.3) is 0 Å². The van der Waals surface area contributed by atoms with Gasteiger partial charge in [-0.05, 0) is 57.9 Å². The predicted octanol–water partition coefficient (Wildman–Crippen LogP) is 4.01. The van der Waals surface area contributed by atoms with Gasteiger partial charge >= 0.3 is 5.97 Å². The highest BCUT2D eigenvalue weighted by atomic mass is 19.2. The molecule has 0 amide bonds. The fourth-order valence-electron chi connectivity index (χ4n) is 3.05. The molecule has 2 rings (SSSR count). The summed E-state index contributed by atoms with van der Waals surface area (Å²) in [6, 6.07) is 2.64. The van der Waals surface area contributed by atoms with Gasteiger partial charge in [-0.3, -0.25) is 4.79 Å². The zero-order valence-electron chi connectivity index (χ0n) is 16.1. The second-order valence-corrected chi connectivity index (χ2v) is 6.49. The number of hydrogen-bond acceptors (Lipinski definition) is 4. The van der Waals surface area contributed by atoms with Crippen LogP contribution in [0.4, 0.5) is 8.78 Å². The number of hydrogen-bond donors (Lipinski definition) is 2. The molecule has 146 valence electrons. The van der Waals surface area contributed by atoms with Crippen LogP contribution in [-0.2, 0) is 4.74 Å². The van der Waals surface area contributed by atoms with E-state index in [-0.39, 0.29) is 18.4 Å². The van der Waals surface area contributed by atoms with Crippen molar-refractivity contribution < 1.29 is 23.1 Å². The van der Waals surface area contributed by atoms with Crippen molar-refractivity contribution in [1.82, 2.24) is 10.3 Å². The summed E-state index contributed by atoms with van der Waals surface area (Å²) in [7, 11) is 0. The van der Waals surface area contributed by atoms with Gasteiger partial charge in [0.15, 0.2) is 17.4 Å². The fourth-order valence-corrected chi connectivity index (χ4v) is 3.05. The highest BCUT2D eigenvalue weighted by Gasteiger charge is 2.26. The van der Waals surface area contributed by atoms with Crippen molar-refractivity contribution >= 4 is 11.8 Å². The third kappa shape index (κ3) is 4.42. The highest BCUT2D eigenvalue weighted by Crippen LogP contribution is 2.22. The van der Waals surface area contributed by atoms with Crippen LogP contribution in [0.5, 0.6) is 0 Å². The number of carbonyl (C=O) groups is 2. The third-order valence-electron chi connectivity index (χ3n) is 4.50. The first kappa shape index (κ1) is 20.8. The number of rotatable bonds is 7. The lowest BCUT2D eigenvalue weighted by Crippen LogP contribution is -2.36. The molecular weight excluding hydrogens is 354 g/mol. The Balaban J connectivity index is 2.18. The van der Waals surface area contributed by atoms with E-state index >= 15 is 0 Å². The number of halogens is 2. The van der Waals surface area contributed by atoms with Gasteiger partial charge in [-0.2, -0.15) is 0 Å². The van der Waals surface area contributed by atoms with Gasteiger partial charge < -0.3 is 15.0 Å². The Morgan fingerprint density at radius 2 is 1.85 bits per heavy atom. The molecule has 0 saturated carbocycles. The number of aromatic amines is 1. The second kappa shape index (κ2) is 8.43. The molecule has 0 bridgehead atoms. The summed E-state index contributed by atoms with van der Waals surface area (Å²) in [6.07, 6.45) is 0. The van der Waals surface area contributed by atoms with Crippen molar-refractivity contribution in [3.8, 4) is 0 Å². The Morgan fingerprint density at radius 1 is 1.19 bits per heavy atom. The molecule has 1 heterocycles. The summed E-state index contributed by atoms with van der Waals surface area (Å²) in [4.78, 5) is 27.9. The van der Waals surface area contributed by atoms with E-state index in [9.17, 15) is 18.4 Å². The molecule has 0 aliphatic rings. The molecule has 27 heavy (non-hydrogen) atoms. The fraction of sp³-hybridized carbons (Fsp3) is 0.400. The van der Waals surface area contributed by atoms with Crippen LogP contribution in [0.3, 0.4) is 0 Å². The lowest BCUT2D eigenvalue weighted by molar-refractivity contribution is 0.0525. The van der Waals surface area contributed by atoms with Crippen LogP contribution in [0.15, 0.2) is 18.2 Å². The summed E-state index contributed by atoms with van der Waals surface area (Å²) in [5.41, 5.74) is 2.31. The lowest BCUT2D eigenvalue weighted by atomic mass is 10.0. The largest absolute Gasteiger partial charge is 0.462 e. The number of ketones is 1. The van der Waals surface area contributed by atoms with Crippen molar-refractivity contribution in [2.24, 2.45) is 0 Å². The summed E-state index contributed by atoms with van der Waals surface area (Å²) >= 11 is 0. The van der Waals surface area contributed by atoms with Crippen molar-refractivity contribution in [3.63, 3.8) is 0 Å². The molecule has 0 fully saturated rings. The number of aryl methyl sites for hydroxylation is 1. The van der Waals surface area contributed by atoms with Crippen LogP contribution in [0.2, 0.25) is 0 Å². The van der Waals surface area contributed by atoms with E-state index in [1.165, 1.54) is 6.07 Å². The van der Waals surface area contributed by atoms with Gasteiger partial charge in [0.05, 0.1) is 23.9 Å². The monoisotopic (exact) mass is 378 g/mol. The molecule has 0 saturated heterocycles. The van der Waals surface area contributed by atoms with E-state index < -0.39 is 23.6 Å². The number of H-pyrrole nitrogens is 1. The van der Waals surface area contributed by atoms with Crippen LogP contribution in [0.1, 0.15) is 64.5 Å². The average molecular weight is 378 g/mol. The molecule has 0 radical (unpaired) electrons. The maximum Gasteiger partial charge on any atom is 0.340 e. The average Bonchev–Trinajstić information content (AvgIpc) is 2.91. The zero-order valence-corrected chi connectivity index (χ0v) is 16.1. The van der Waals surface area contributed by atoms with Crippen molar-refractivity contribution in [1.29, 1.82) is 0 Å². The van der Waals surface area contributed by atoms with Gasteiger partial charge in [0.2, 0.25) is 0 Å². The number of benzene rings is 1.